The third kappa shape index (κ3) is 2.91. The molecule has 0 N–H and O–H groups in total. The topological polar surface area (TPSA) is 34.8 Å². The van der Waals surface area contributed by atoms with Crippen molar-refractivity contribution in [1.29, 1.82) is 0 Å². The monoisotopic (exact) mass is 446 g/mol. The van der Waals surface area contributed by atoms with Gasteiger partial charge < -0.3 is 4.42 Å². The largest absolute Gasteiger partial charge is 0.437 e. The maximum Gasteiger partial charge on any atom is 0.298 e. The summed E-state index contributed by atoms with van der Waals surface area (Å²) in [5.41, 5.74) is 9.67. The number of hydrogen-bond acceptors (Lipinski definition) is 2. The lowest BCUT2D eigenvalue weighted by Crippen LogP contribution is -2.30. The second kappa shape index (κ2) is 7.56. The van der Waals surface area contributed by atoms with E-state index in [4.69, 9.17) is 4.42 Å². The van der Waals surface area contributed by atoms with Crippen LogP contribution >= 0.6 is 0 Å². The first kappa shape index (κ1) is 20.7. The normalized spacial score (nSPS) is 11.9. The van der Waals surface area contributed by atoms with Gasteiger partial charge in [-0.15, -0.1) is 0 Å². The number of furan rings is 1. The highest BCUT2D eigenvalue weighted by Crippen LogP contribution is 2.39. The second-order valence-electron chi connectivity index (χ2n) is 9.46. The van der Waals surface area contributed by atoms with Gasteiger partial charge in [-0.1, -0.05) is 56.3 Å². The molecule has 0 amide bonds. The van der Waals surface area contributed by atoms with E-state index in [1.165, 1.54) is 27.8 Å². The van der Waals surface area contributed by atoms with Gasteiger partial charge in [0.25, 0.3) is 5.82 Å². The lowest BCUT2D eigenvalue weighted by molar-refractivity contribution is -0.633. The number of rotatable bonds is 3. The minimum atomic E-state index is 0.394. The molecule has 0 saturated heterocycles. The number of fused-ring (bicyclic) bond motifs is 4. The van der Waals surface area contributed by atoms with Crippen molar-refractivity contribution in [2.24, 2.45) is 7.05 Å². The molecule has 3 aromatic heterocycles. The smallest absolute Gasteiger partial charge is 0.298 e. The van der Waals surface area contributed by atoms with Crippen LogP contribution in [-0.4, -0.2) is 9.55 Å². The Morgan fingerprint density at radius 3 is 2.41 bits per heavy atom. The van der Waals surface area contributed by atoms with Crippen LogP contribution in [0.4, 0.5) is 0 Å². The highest BCUT2D eigenvalue weighted by atomic mass is 16.3. The maximum absolute atomic E-state index is 6.48. The van der Waals surface area contributed by atoms with E-state index in [-0.39, 0.29) is 0 Å². The number of nitrogens with zero attached hydrogens (tertiary/aromatic N) is 3. The van der Waals surface area contributed by atoms with Gasteiger partial charge in [0.15, 0.2) is 16.6 Å². The summed E-state index contributed by atoms with van der Waals surface area (Å²) >= 11 is 0. The number of aromatic nitrogens is 3. The fourth-order valence-corrected chi connectivity index (χ4v) is 5.21. The number of hydrogen-bond donors (Lipinski definition) is 0. The summed E-state index contributed by atoms with van der Waals surface area (Å²) in [7, 11) is 2.15. The average Bonchev–Trinajstić information content (AvgIpc) is 3.33. The summed E-state index contributed by atoms with van der Waals surface area (Å²) in [5.74, 6) is 1.50. The van der Waals surface area contributed by atoms with E-state index < -0.39 is 0 Å². The standard InChI is InChI=1S/C30H28N3O/c1-18(2)21-10-6-7-11-24(21)33-26-13-9-8-12-25(26)32(5)30(33)27-19(3)14-16-22-23-17-15-20(4)31-29(23)34-28(22)27/h6-18H,1-5H3/q+1. The fourth-order valence-electron chi connectivity index (χ4n) is 5.21. The molecule has 3 aromatic carbocycles. The second-order valence-corrected chi connectivity index (χ2v) is 9.46. The molecule has 6 rings (SSSR count). The minimum Gasteiger partial charge on any atom is -0.437 e. The Hall–Kier alpha value is -3.92. The molecule has 0 radical (unpaired) electrons. The molecule has 4 nitrogen and oxygen atoms in total. The molecule has 0 aliphatic heterocycles. The van der Waals surface area contributed by atoms with Gasteiger partial charge in [-0.05, 0) is 55.7 Å². The third-order valence-electron chi connectivity index (χ3n) is 6.89. The lowest BCUT2D eigenvalue weighted by atomic mass is 10.00. The van der Waals surface area contributed by atoms with Crippen LogP contribution in [0, 0.1) is 13.8 Å². The predicted octanol–water partition coefficient (Wildman–Crippen LogP) is 7.16. The van der Waals surface area contributed by atoms with Crippen LogP contribution in [0.1, 0.15) is 36.6 Å². The van der Waals surface area contributed by atoms with E-state index in [9.17, 15) is 0 Å². The van der Waals surface area contributed by atoms with E-state index in [0.29, 0.717) is 11.6 Å². The van der Waals surface area contributed by atoms with Gasteiger partial charge in [-0.2, -0.15) is 4.57 Å². The molecular formula is C30H28N3O+. The zero-order valence-electron chi connectivity index (χ0n) is 20.3. The Morgan fingerprint density at radius 1 is 0.853 bits per heavy atom. The Bertz CT molecular complexity index is 1720. The van der Waals surface area contributed by atoms with Crippen molar-refractivity contribution in [2.45, 2.75) is 33.6 Å². The van der Waals surface area contributed by atoms with Gasteiger partial charge in [0, 0.05) is 22.0 Å². The maximum atomic E-state index is 6.48. The van der Waals surface area contributed by atoms with E-state index in [1.807, 2.05) is 13.0 Å². The van der Waals surface area contributed by atoms with Crippen LogP contribution in [0.15, 0.2) is 77.2 Å². The first-order valence-corrected chi connectivity index (χ1v) is 11.8. The minimum absolute atomic E-state index is 0.394. The molecule has 0 spiro atoms. The number of imidazole rings is 1. The van der Waals surface area contributed by atoms with Gasteiger partial charge in [0.1, 0.15) is 11.3 Å². The van der Waals surface area contributed by atoms with Crippen LogP contribution in [0.2, 0.25) is 0 Å². The van der Waals surface area contributed by atoms with Crippen molar-refractivity contribution < 1.29 is 8.98 Å². The van der Waals surface area contributed by atoms with Crippen LogP contribution in [0.3, 0.4) is 0 Å². The summed E-state index contributed by atoms with van der Waals surface area (Å²) in [6.45, 7) is 8.67. The summed E-state index contributed by atoms with van der Waals surface area (Å²) in [4.78, 5) is 4.68. The van der Waals surface area contributed by atoms with Crippen molar-refractivity contribution in [2.75, 3.05) is 0 Å². The fraction of sp³-hybridized carbons (Fsp3) is 0.200. The molecule has 0 fully saturated rings. The SMILES string of the molecule is Cc1ccc2c(n1)oc1c(-c3n(-c4ccccc4C(C)C)c4ccccc4[n+]3C)c(C)ccc12. The van der Waals surface area contributed by atoms with Crippen LogP contribution in [-0.2, 0) is 7.05 Å². The van der Waals surface area contributed by atoms with Crippen LogP contribution in [0.25, 0.3) is 50.2 Å². The first-order chi connectivity index (χ1) is 16.5. The summed E-state index contributed by atoms with van der Waals surface area (Å²) in [5, 5.41) is 2.15. The molecule has 0 aliphatic rings. The Morgan fingerprint density at radius 2 is 1.59 bits per heavy atom. The van der Waals surface area contributed by atoms with Gasteiger partial charge in [-0.25, -0.2) is 9.55 Å². The zero-order valence-corrected chi connectivity index (χ0v) is 20.3. The summed E-state index contributed by atoms with van der Waals surface area (Å²) < 4.78 is 11.2. The number of benzene rings is 3. The molecule has 0 unspecified atom stereocenters. The van der Waals surface area contributed by atoms with E-state index in [1.54, 1.807) is 0 Å². The molecule has 168 valence electrons. The predicted molar refractivity (Wildman–Crippen MR) is 139 cm³/mol. The molecular weight excluding hydrogens is 418 g/mol. The molecule has 3 heterocycles. The molecule has 0 atom stereocenters. The first-order valence-electron chi connectivity index (χ1n) is 11.8. The van der Waals surface area contributed by atoms with Crippen molar-refractivity contribution in [1.82, 2.24) is 9.55 Å². The number of aryl methyl sites for hydroxylation is 3. The Labute approximate surface area is 199 Å². The van der Waals surface area contributed by atoms with Crippen molar-refractivity contribution >= 4 is 33.1 Å². The van der Waals surface area contributed by atoms with Gasteiger partial charge >= 0.3 is 0 Å². The van der Waals surface area contributed by atoms with E-state index in [0.717, 1.165) is 33.4 Å². The van der Waals surface area contributed by atoms with Crippen LogP contribution < -0.4 is 4.57 Å². The Kier molecular flexibility index (Phi) is 4.59. The number of para-hydroxylation sites is 3. The van der Waals surface area contributed by atoms with E-state index >= 15 is 0 Å². The van der Waals surface area contributed by atoms with Crippen molar-refractivity contribution in [3.8, 4) is 17.1 Å². The molecule has 0 aliphatic carbocycles. The van der Waals surface area contributed by atoms with Gasteiger partial charge in [0.2, 0.25) is 5.71 Å². The van der Waals surface area contributed by atoms with Gasteiger partial charge in [-0.3, -0.25) is 0 Å². The van der Waals surface area contributed by atoms with Crippen molar-refractivity contribution in [3.63, 3.8) is 0 Å². The Balaban J connectivity index is 1.80. The summed E-state index contributed by atoms with van der Waals surface area (Å²) in [6.07, 6.45) is 0. The quantitative estimate of drug-likeness (QED) is 0.270. The highest BCUT2D eigenvalue weighted by molar-refractivity contribution is 6.09. The van der Waals surface area contributed by atoms with Crippen LogP contribution in [0.5, 0.6) is 0 Å². The van der Waals surface area contributed by atoms with Gasteiger partial charge in [0.05, 0.1) is 7.05 Å². The molecule has 0 saturated carbocycles. The summed E-state index contributed by atoms with van der Waals surface area (Å²) in [6, 6.07) is 25.8. The molecule has 0 bridgehead atoms. The molecule has 6 aromatic rings. The number of pyridine rings is 1. The lowest BCUT2D eigenvalue weighted by Gasteiger charge is -2.12. The highest BCUT2D eigenvalue weighted by Gasteiger charge is 2.31. The molecule has 34 heavy (non-hydrogen) atoms. The van der Waals surface area contributed by atoms with E-state index in [2.05, 4.69) is 109 Å². The average molecular weight is 447 g/mol. The zero-order chi connectivity index (χ0) is 23.6. The van der Waals surface area contributed by atoms with Crippen molar-refractivity contribution in [3.05, 3.63) is 89.6 Å². The third-order valence-corrected chi connectivity index (χ3v) is 6.89. The molecule has 4 heteroatoms.